The molecule has 0 aliphatic rings. The van der Waals surface area contributed by atoms with Crippen molar-refractivity contribution in [3.8, 4) is 33.4 Å². The van der Waals surface area contributed by atoms with Gasteiger partial charge in [0.1, 0.15) is 52.4 Å². The molecule has 1 nitrogen and oxygen atoms in total. The van der Waals surface area contributed by atoms with E-state index in [4.69, 9.17) is 0 Å². The van der Waals surface area contributed by atoms with Crippen molar-refractivity contribution in [2.45, 2.75) is 6.92 Å². The van der Waals surface area contributed by atoms with Gasteiger partial charge in [0.2, 0.25) is 0 Å². The Balaban J connectivity index is 1.13. The van der Waals surface area contributed by atoms with Crippen LogP contribution < -0.4 is 4.90 Å². The van der Waals surface area contributed by atoms with Crippen molar-refractivity contribution in [3.05, 3.63) is 274 Å². The van der Waals surface area contributed by atoms with Crippen molar-refractivity contribution in [1.29, 1.82) is 0 Å². The third-order valence-electron chi connectivity index (χ3n) is 11.4. The van der Waals surface area contributed by atoms with E-state index in [1.54, 1.807) is 91.9 Å². The van der Waals surface area contributed by atoms with Gasteiger partial charge in [0, 0.05) is 50.4 Å². The minimum Gasteiger partial charge on any atom is -0.310 e. The molecule has 0 spiro atoms. The second kappa shape index (κ2) is 21.8. The van der Waals surface area contributed by atoms with Gasteiger partial charge in [-0.25, -0.2) is 39.5 Å². The maximum atomic E-state index is 16.3. The van der Waals surface area contributed by atoms with Crippen LogP contribution in [0.2, 0.25) is 0 Å². The zero-order chi connectivity index (χ0) is 50.2. The van der Waals surface area contributed by atoms with Crippen molar-refractivity contribution >= 4 is 47.4 Å². The van der Waals surface area contributed by atoms with E-state index in [0.717, 1.165) is 18.2 Å². The summed E-state index contributed by atoms with van der Waals surface area (Å²) in [6.45, 7) is 4.94. The lowest BCUT2D eigenvalue weighted by Crippen LogP contribution is -2.11. The van der Waals surface area contributed by atoms with Crippen LogP contribution in [0, 0.1) is 46.5 Å². The molecule has 8 aromatic rings. The van der Waals surface area contributed by atoms with Gasteiger partial charge in [-0.05, 0) is 143 Å². The highest BCUT2D eigenvalue weighted by Crippen LogP contribution is 2.41. The van der Waals surface area contributed by atoms with E-state index in [2.05, 4.69) is 6.58 Å². The van der Waals surface area contributed by atoms with Crippen LogP contribution in [-0.4, -0.2) is 0 Å². The third kappa shape index (κ3) is 11.8. The minimum atomic E-state index is -0.872. The number of anilines is 3. The van der Waals surface area contributed by atoms with Crippen LogP contribution in [-0.2, 0) is 0 Å². The van der Waals surface area contributed by atoms with Crippen molar-refractivity contribution in [2.24, 2.45) is 0 Å². The van der Waals surface area contributed by atoms with E-state index in [9.17, 15) is 13.2 Å². The summed E-state index contributed by atoms with van der Waals surface area (Å²) < 4.78 is 136. The first-order valence-corrected chi connectivity index (χ1v) is 22.1. The van der Waals surface area contributed by atoms with E-state index in [1.807, 2.05) is 0 Å². The molecule has 0 bridgehead atoms. The number of nitrogens with zero attached hydrogens (tertiary/aromatic N) is 1. The molecule has 0 atom stereocenters. The number of allylic oxidation sites excluding steroid dienone is 6. The van der Waals surface area contributed by atoms with E-state index >= 15 is 26.3 Å². The molecular formula is C61H40F9N. The fourth-order valence-corrected chi connectivity index (χ4v) is 7.75. The first-order valence-electron chi connectivity index (χ1n) is 22.1. The summed E-state index contributed by atoms with van der Waals surface area (Å²) in [5.74, 6) is -6.24. The number of halogens is 9. The Morgan fingerprint density at radius 2 is 0.648 bits per heavy atom. The maximum Gasteiger partial charge on any atom is 0.133 e. The maximum absolute atomic E-state index is 16.3. The Bertz CT molecular complexity index is 3280. The third-order valence-corrected chi connectivity index (χ3v) is 11.4. The van der Waals surface area contributed by atoms with Gasteiger partial charge in [-0.2, -0.15) is 0 Å². The lowest BCUT2D eigenvalue weighted by atomic mass is 9.99. The molecule has 0 aromatic heterocycles. The molecule has 8 aromatic carbocycles. The van der Waals surface area contributed by atoms with Crippen LogP contribution in [0.5, 0.6) is 0 Å². The molecular weight excluding hydrogens is 918 g/mol. The summed E-state index contributed by atoms with van der Waals surface area (Å²) in [5, 5.41) is 0. The van der Waals surface area contributed by atoms with Crippen molar-refractivity contribution < 1.29 is 39.5 Å². The summed E-state index contributed by atoms with van der Waals surface area (Å²) in [4.78, 5) is 1.35. The number of rotatable bonds is 14. The molecule has 71 heavy (non-hydrogen) atoms. The van der Waals surface area contributed by atoms with E-state index in [-0.39, 0.29) is 50.4 Å². The van der Waals surface area contributed by atoms with Gasteiger partial charge in [-0.3, -0.25) is 0 Å². The molecule has 0 N–H and O–H groups in total. The summed E-state index contributed by atoms with van der Waals surface area (Å²) >= 11 is 0. The summed E-state index contributed by atoms with van der Waals surface area (Å²) in [5.41, 5.74) is 3.08. The van der Waals surface area contributed by atoms with Gasteiger partial charge in [0.15, 0.2) is 0 Å². The van der Waals surface area contributed by atoms with E-state index in [0.29, 0.717) is 33.4 Å². The average Bonchev–Trinajstić information content (AvgIpc) is 3.35. The lowest BCUT2D eigenvalue weighted by Gasteiger charge is -2.27. The highest BCUT2D eigenvalue weighted by Gasteiger charge is 2.22. The van der Waals surface area contributed by atoms with Crippen LogP contribution in [0.3, 0.4) is 0 Å². The van der Waals surface area contributed by atoms with Gasteiger partial charge in [0.05, 0.1) is 0 Å². The van der Waals surface area contributed by atoms with Crippen molar-refractivity contribution in [2.75, 3.05) is 4.90 Å². The van der Waals surface area contributed by atoms with E-state index < -0.39 is 52.4 Å². The molecule has 0 fully saturated rings. The fraction of sp³-hybridized carbons (Fsp3) is 0.0164. The molecule has 0 unspecified atom stereocenters. The summed E-state index contributed by atoms with van der Waals surface area (Å²) in [6.07, 6.45) is 14.3. The van der Waals surface area contributed by atoms with Gasteiger partial charge in [-0.1, -0.05) is 116 Å². The molecule has 0 aliphatic heterocycles. The molecule has 8 rings (SSSR count). The van der Waals surface area contributed by atoms with Crippen LogP contribution in [0.4, 0.5) is 56.6 Å². The van der Waals surface area contributed by atoms with Gasteiger partial charge in [0.25, 0.3) is 0 Å². The first-order chi connectivity index (χ1) is 34.2. The molecule has 352 valence electrons. The number of hydrogen-bond donors (Lipinski definition) is 0. The van der Waals surface area contributed by atoms with Crippen LogP contribution in [0.1, 0.15) is 34.7 Å². The standard InChI is InChI=1S/C61H40F9N/c1-3-39(5-4-38(2)62)6-9-42-16-26-50(56(65)32-42)53-29-23-47(35-59(53)68)71(48-24-30-54(60(69)36-48)51-27-17-43(33-57(51)66)10-7-40-12-19-45(63)20-13-40)49-25-31-55(61(70)37-49)52-28-18-44(34-58(52)67)11-8-41-14-21-46(64)22-15-41/h3-37H,2H2,1H3/b5-4-,9-6+,10-7+,11-8+,39-3+. The van der Waals surface area contributed by atoms with Crippen molar-refractivity contribution in [1.82, 2.24) is 0 Å². The monoisotopic (exact) mass is 957 g/mol. The van der Waals surface area contributed by atoms with Gasteiger partial charge in [-0.15, -0.1) is 0 Å². The molecule has 0 aliphatic carbocycles. The normalized spacial score (nSPS) is 12.0. The predicted octanol–water partition coefficient (Wildman–Crippen LogP) is 18.6. The minimum absolute atomic E-state index is 0.0601. The molecule has 0 radical (unpaired) electrons. The predicted molar refractivity (Wildman–Crippen MR) is 270 cm³/mol. The zero-order valence-corrected chi connectivity index (χ0v) is 37.8. The van der Waals surface area contributed by atoms with Crippen LogP contribution >= 0.6 is 0 Å². The second-order valence-corrected chi connectivity index (χ2v) is 16.2. The average molecular weight is 958 g/mol. The lowest BCUT2D eigenvalue weighted by molar-refractivity contribution is 0.615. The molecule has 0 amide bonds. The van der Waals surface area contributed by atoms with Crippen LogP contribution in [0.15, 0.2) is 200 Å². The first kappa shape index (κ1) is 48.8. The molecule has 0 heterocycles. The molecule has 0 saturated heterocycles. The number of benzene rings is 8. The molecule has 10 heteroatoms. The smallest absolute Gasteiger partial charge is 0.133 e. The quantitative estimate of drug-likeness (QED) is 0.0596. The second-order valence-electron chi connectivity index (χ2n) is 16.2. The highest BCUT2D eigenvalue weighted by molar-refractivity contribution is 5.83. The topological polar surface area (TPSA) is 3.24 Å². The molecule has 0 saturated carbocycles. The van der Waals surface area contributed by atoms with Gasteiger partial charge >= 0.3 is 0 Å². The number of hydrogen-bond acceptors (Lipinski definition) is 1. The highest BCUT2D eigenvalue weighted by atomic mass is 19.2. The Morgan fingerprint density at radius 1 is 0.352 bits per heavy atom. The fourth-order valence-electron chi connectivity index (χ4n) is 7.75. The SMILES string of the molecule is C=C(F)\C=C/C(=C\C)/C=C/c1ccc(-c2ccc(N(c3ccc(-c4ccc(/C=C/c5ccc(F)cc5)cc4F)c(F)c3)c3ccc(-c4ccc(/C=C/c5ccc(F)cc5)cc4F)c(F)c3)cc2F)c(F)c1. The Kier molecular flexibility index (Phi) is 15.0. The Hall–Kier alpha value is -8.63. The zero-order valence-electron chi connectivity index (χ0n) is 37.8. The summed E-state index contributed by atoms with van der Waals surface area (Å²) in [6, 6.07) is 35.7. The van der Waals surface area contributed by atoms with Gasteiger partial charge < -0.3 is 4.90 Å². The summed E-state index contributed by atoms with van der Waals surface area (Å²) in [7, 11) is 0. The van der Waals surface area contributed by atoms with Crippen molar-refractivity contribution in [3.63, 3.8) is 0 Å². The van der Waals surface area contributed by atoms with Crippen LogP contribution in [0.25, 0.3) is 63.8 Å². The van der Waals surface area contributed by atoms with E-state index in [1.165, 1.54) is 114 Å². The largest absolute Gasteiger partial charge is 0.310 e. The Morgan fingerprint density at radius 3 is 0.958 bits per heavy atom. The Labute approximate surface area is 405 Å².